The molecule has 1 aromatic rings. The number of hydrogen-bond acceptors (Lipinski definition) is 3. The maximum Gasteiger partial charge on any atom is 0.410 e. The Bertz CT molecular complexity index is 299. The van der Waals surface area contributed by atoms with Gasteiger partial charge in [-0.3, -0.25) is 0 Å². The second-order valence-electron chi connectivity index (χ2n) is 2.30. The van der Waals surface area contributed by atoms with Crippen LogP contribution in [-0.4, -0.2) is 12.7 Å². The van der Waals surface area contributed by atoms with Crippen LogP contribution in [0.3, 0.4) is 0 Å². The van der Waals surface area contributed by atoms with Crippen LogP contribution < -0.4 is 15.2 Å². The molecule has 0 saturated carbocycles. The van der Waals surface area contributed by atoms with Crippen molar-refractivity contribution >= 4 is 6.09 Å². The lowest BCUT2D eigenvalue weighted by molar-refractivity contribution is 0.207. The lowest BCUT2D eigenvalue weighted by Crippen LogP contribution is -2.16. The van der Waals surface area contributed by atoms with Crippen LogP contribution in [0, 0.1) is 0 Å². The number of carbonyl (C=O) groups is 1. The molecule has 0 fully saturated rings. The number of ether oxygens (including phenoxy) is 2. The number of rotatable bonds is 3. The summed E-state index contributed by atoms with van der Waals surface area (Å²) < 4.78 is 9.92. The molecule has 1 amide bonds. The fourth-order valence-corrected chi connectivity index (χ4v) is 0.918. The third-order valence-corrected chi connectivity index (χ3v) is 1.36. The van der Waals surface area contributed by atoms with Crippen molar-refractivity contribution < 1.29 is 14.3 Å². The highest BCUT2D eigenvalue weighted by Gasteiger charge is 2.05. The topological polar surface area (TPSA) is 61.6 Å². The second kappa shape index (κ2) is 4.35. The summed E-state index contributed by atoms with van der Waals surface area (Å²) in [5, 5.41) is 0. The highest BCUT2D eigenvalue weighted by molar-refractivity contribution is 5.69. The molecule has 0 spiro atoms. The van der Waals surface area contributed by atoms with Crippen molar-refractivity contribution in [1.82, 2.24) is 0 Å². The van der Waals surface area contributed by atoms with Gasteiger partial charge in [0.2, 0.25) is 0 Å². The highest BCUT2D eigenvalue weighted by Crippen LogP contribution is 2.25. The quantitative estimate of drug-likeness (QED) is 0.769. The Morgan fingerprint density at radius 3 is 2.54 bits per heavy atom. The first-order chi connectivity index (χ1) is 6.24. The molecule has 4 nitrogen and oxygen atoms in total. The van der Waals surface area contributed by atoms with Crippen molar-refractivity contribution in [2.24, 2.45) is 5.73 Å². The molecule has 0 aliphatic heterocycles. The fraction of sp³-hybridized carbons (Fsp3) is 0.222. The maximum atomic E-state index is 10.5. The highest BCUT2D eigenvalue weighted by atomic mass is 16.6. The number of primary amides is 1. The van der Waals surface area contributed by atoms with Crippen molar-refractivity contribution in [3.05, 3.63) is 24.3 Å². The van der Waals surface area contributed by atoms with Gasteiger partial charge in [-0.25, -0.2) is 4.79 Å². The number of nitrogens with two attached hydrogens (primary N) is 1. The molecule has 2 N–H and O–H groups in total. The van der Waals surface area contributed by atoms with E-state index < -0.39 is 6.09 Å². The van der Waals surface area contributed by atoms with Gasteiger partial charge in [0.05, 0.1) is 6.61 Å². The molecule has 0 aliphatic carbocycles. The average Bonchev–Trinajstić information content (AvgIpc) is 2.08. The molecular weight excluding hydrogens is 170 g/mol. The summed E-state index contributed by atoms with van der Waals surface area (Å²) in [6.45, 7) is 2.36. The van der Waals surface area contributed by atoms with E-state index in [9.17, 15) is 4.79 Å². The van der Waals surface area contributed by atoms with Gasteiger partial charge < -0.3 is 15.2 Å². The first-order valence-corrected chi connectivity index (χ1v) is 3.93. The summed E-state index contributed by atoms with van der Waals surface area (Å²) in [7, 11) is 0. The minimum atomic E-state index is -0.841. The fourth-order valence-electron chi connectivity index (χ4n) is 0.918. The lowest BCUT2D eigenvalue weighted by Gasteiger charge is -2.07. The number of benzene rings is 1. The van der Waals surface area contributed by atoms with E-state index in [1.165, 1.54) is 0 Å². The third-order valence-electron chi connectivity index (χ3n) is 1.36. The lowest BCUT2D eigenvalue weighted by atomic mass is 10.3. The Kier molecular flexibility index (Phi) is 3.14. The SMILES string of the molecule is CCOc1ccccc1OC(N)=O. The van der Waals surface area contributed by atoms with Crippen molar-refractivity contribution in [1.29, 1.82) is 0 Å². The molecule has 0 atom stereocenters. The third kappa shape index (κ3) is 2.66. The zero-order chi connectivity index (χ0) is 9.68. The molecule has 70 valence electrons. The van der Waals surface area contributed by atoms with Gasteiger partial charge in [-0.15, -0.1) is 0 Å². The van der Waals surface area contributed by atoms with Crippen molar-refractivity contribution in [3.8, 4) is 11.5 Å². The molecule has 0 aliphatic rings. The number of amides is 1. The predicted molar refractivity (Wildman–Crippen MR) is 47.8 cm³/mol. The molecule has 0 heterocycles. The Hall–Kier alpha value is -1.71. The molecule has 1 aromatic carbocycles. The molecule has 13 heavy (non-hydrogen) atoms. The van der Waals surface area contributed by atoms with E-state index in [0.29, 0.717) is 18.1 Å². The molecule has 0 saturated heterocycles. The molecule has 0 radical (unpaired) electrons. The van der Waals surface area contributed by atoms with Gasteiger partial charge in [-0.05, 0) is 19.1 Å². The summed E-state index contributed by atoms with van der Waals surface area (Å²) in [6, 6.07) is 6.86. The van der Waals surface area contributed by atoms with Crippen molar-refractivity contribution in [3.63, 3.8) is 0 Å². The Balaban J connectivity index is 2.84. The molecule has 0 aromatic heterocycles. The van der Waals surface area contributed by atoms with Gasteiger partial charge >= 0.3 is 6.09 Å². The monoisotopic (exact) mass is 181 g/mol. The summed E-state index contributed by atoms with van der Waals surface area (Å²) in [6.07, 6.45) is -0.841. The smallest absolute Gasteiger partial charge is 0.410 e. The Labute approximate surface area is 76.3 Å². The van der Waals surface area contributed by atoms with E-state index in [4.69, 9.17) is 15.2 Å². The van der Waals surface area contributed by atoms with Gasteiger partial charge in [0, 0.05) is 0 Å². The van der Waals surface area contributed by atoms with Crippen LogP contribution in [0.1, 0.15) is 6.92 Å². The summed E-state index contributed by atoms with van der Waals surface area (Å²) in [5.41, 5.74) is 4.87. The zero-order valence-corrected chi connectivity index (χ0v) is 7.32. The van der Waals surface area contributed by atoms with Crippen molar-refractivity contribution in [2.45, 2.75) is 6.92 Å². The van der Waals surface area contributed by atoms with Crippen LogP contribution in [0.2, 0.25) is 0 Å². The maximum absolute atomic E-state index is 10.5. The van der Waals surface area contributed by atoms with Crippen LogP contribution in [-0.2, 0) is 0 Å². The molecule has 4 heteroatoms. The van der Waals surface area contributed by atoms with E-state index in [1.54, 1.807) is 24.3 Å². The van der Waals surface area contributed by atoms with Gasteiger partial charge in [0.1, 0.15) is 0 Å². The predicted octanol–water partition coefficient (Wildman–Crippen LogP) is 1.54. The minimum Gasteiger partial charge on any atom is -0.490 e. The standard InChI is InChI=1S/C9H11NO3/c1-2-12-7-5-3-4-6-8(7)13-9(10)11/h3-6H,2H2,1H3,(H2,10,11). The van der Waals surface area contributed by atoms with Gasteiger partial charge in [0.25, 0.3) is 0 Å². The van der Waals surface area contributed by atoms with Crippen LogP contribution in [0.5, 0.6) is 11.5 Å². The first-order valence-electron chi connectivity index (χ1n) is 3.93. The van der Waals surface area contributed by atoms with Crippen molar-refractivity contribution in [2.75, 3.05) is 6.61 Å². The molecule has 0 bridgehead atoms. The summed E-state index contributed by atoms with van der Waals surface area (Å²) in [5.74, 6) is 0.862. The van der Waals surface area contributed by atoms with Crippen LogP contribution in [0.15, 0.2) is 24.3 Å². The van der Waals surface area contributed by atoms with Crippen LogP contribution in [0.25, 0.3) is 0 Å². The molecule has 0 unspecified atom stereocenters. The summed E-state index contributed by atoms with van der Waals surface area (Å²) in [4.78, 5) is 10.5. The van der Waals surface area contributed by atoms with Gasteiger partial charge in [0.15, 0.2) is 11.5 Å². The largest absolute Gasteiger partial charge is 0.490 e. The van der Waals surface area contributed by atoms with E-state index in [0.717, 1.165) is 0 Å². The van der Waals surface area contributed by atoms with E-state index >= 15 is 0 Å². The molecular formula is C9H11NO3. The first kappa shape index (κ1) is 9.38. The van der Waals surface area contributed by atoms with Crippen LogP contribution in [0.4, 0.5) is 4.79 Å². The van der Waals surface area contributed by atoms with E-state index in [-0.39, 0.29) is 0 Å². The average molecular weight is 181 g/mol. The van der Waals surface area contributed by atoms with E-state index in [2.05, 4.69) is 0 Å². The number of hydrogen-bond donors (Lipinski definition) is 1. The number of para-hydroxylation sites is 2. The van der Waals surface area contributed by atoms with Crippen LogP contribution >= 0.6 is 0 Å². The molecule has 1 rings (SSSR count). The normalized spacial score (nSPS) is 9.31. The zero-order valence-electron chi connectivity index (χ0n) is 7.32. The van der Waals surface area contributed by atoms with E-state index in [1.807, 2.05) is 6.92 Å². The van der Waals surface area contributed by atoms with Gasteiger partial charge in [-0.1, -0.05) is 12.1 Å². The van der Waals surface area contributed by atoms with Gasteiger partial charge in [-0.2, -0.15) is 0 Å². The second-order valence-corrected chi connectivity index (χ2v) is 2.30. The Morgan fingerprint density at radius 2 is 2.00 bits per heavy atom. The number of carbonyl (C=O) groups excluding carboxylic acids is 1. The summed E-state index contributed by atoms with van der Waals surface area (Å²) >= 11 is 0. The minimum absolute atomic E-state index is 0.344. The Morgan fingerprint density at radius 1 is 1.38 bits per heavy atom.